The second kappa shape index (κ2) is 8.65. The van der Waals surface area contributed by atoms with Gasteiger partial charge < -0.3 is 9.84 Å². The smallest absolute Gasteiger partial charge is 0.236 e. The van der Waals surface area contributed by atoms with Crippen molar-refractivity contribution in [3.8, 4) is 11.4 Å². The summed E-state index contributed by atoms with van der Waals surface area (Å²) in [5.41, 5.74) is 2.32. The minimum Gasteiger partial charge on any atom is -0.360 e. The highest BCUT2D eigenvalue weighted by Gasteiger charge is 2.17. The summed E-state index contributed by atoms with van der Waals surface area (Å²) >= 11 is 1.32. The van der Waals surface area contributed by atoms with E-state index in [0.717, 1.165) is 11.4 Å². The van der Waals surface area contributed by atoms with E-state index in [0.29, 0.717) is 23.3 Å². The van der Waals surface area contributed by atoms with Crippen molar-refractivity contribution in [1.29, 1.82) is 0 Å². The average Bonchev–Trinajstić information content (AvgIpc) is 3.26. The second-order valence-corrected chi connectivity index (χ2v) is 8.63. The maximum Gasteiger partial charge on any atom is 0.236 e. The molecular weight excluding hydrogens is 386 g/mol. The van der Waals surface area contributed by atoms with Crippen molar-refractivity contribution in [1.82, 2.24) is 19.9 Å². The standard InChI is InChI=1S/C21H25N5O2S/c1-6-11-26-19(15-7-9-16(10-8-15)21(3,4)5)23-24-20(26)29-13-18(27)22-17-12-14(2)28-25-17/h6-10,12H,1,11,13H2,2-5H3,(H,22,25,27). The van der Waals surface area contributed by atoms with Crippen LogP contribution in [0.2, 0.25) is 0 Å². The van der Waals surface area contributed by atoms with E-state index in [4.69, 9.17) is 4.52 Å². The molecule has 0 bridgehead atoms. The van der Waals surface area contributed by atoms with Crippen molar-refractivity contribution in [3.63, 3.8) is 0 Å². The van der Waals surface area contributed by atoms with E-state index in [1.54, 1.807) is 19.1 Å². The first-order valence-corrected chi connectivity index (χ1v) is 10.3. The molecule has 3 rings (SSSR count). The zero-order chi connectivity index (χ0) is 21.0. The summed E-state index contributed by atoms with van der Waals surface area (Å²) < 4.78 is 6.91. The van der Waals surface area contributed by atoms with Crippen LogP contribution in [-0.2, 0) is 16.8 Å². The third-order valence-corrected chi connectivity index (χ3v) is 5.23. The molecule has 0 saturated heterocycles. The number of allylic oxidation sites excluding steroid dienone is 1. The topological polar surface area (TPSA) is 85.8 Å². The van der Waals surface area contributed by atoms with E-state index in [2.05, 4.69) is 72.3 Å². The third-order valence-electron chi connectivity index (χ3n) is 4.27. The van der Waals surface area contributed by atoms with Gasteiger partial charge >= 0.3 is 0 Å². The molecule has 1 amide bonds. The summed E-state index contributed by atoms with van der Waals surface area (Å²) in [5.74, 6) is 1.79. The number of nitrogens with one attached hydrogen (secondary N) is 1. The maximum absolute atomic E-state index is 12.2. The van der Waals surface area contributed by atoms with Crippen LogP contribution < -0.4 is 5.32 Å². The molecule has 0 aliphatic heterocycles. The molecule has 3 aromatic rings. The lowest BCUT2D eigenvalue weighted by molar-refractivity contribution is -0.113. The quantitative estimate of drug-likeness (QED) is 0.456. The Balaban J connectivity index is 1.74. The van der Waals surface area contributed by atoms with Crippen molar-refractivity contribution >= 4 is 23.5 Å². The molecule has 7 nitrogen and oxygen atoms in total. The van der Waals surface area contributed by atoms with Gasteiger partial charge in [-0.25, -0.2) is 0 Å². The summed E-state index contributed by atoms with van der Waals surface area (Å²) in [4.78, 5) is 12.2. The fraction of sp³-hybridized carbons (Fsp3) is 0.333. The molecule has 2 heterocycles. The first kappa shape index (κ1) is 20.9. The highest BCUT2D eigenvalue weighted by Crippen LogP contribution is 2.27. The molecule has 0 saturated carbocycles. The monoisotopic (exact) mass is 411 g/mol. The van der Waals surface area contributed by atoms with Gasteiger partial charge in [-0.05, 0) is 17.9 Å². The maximum atomic E-state index is 12.2. The van der Waals surface area contributed by atoms with E-state index in [-0.39, 0.29) is 17.1 Å². The Hall–Kier alpha value is -2.87. The van der Waals surface area contributed by atoms with Crippen LogP contribution in [0, 0.1) is 6.92 Å². The number of thioether (sulfide) groups is 1. The molecule has 0 aliphatic carbocycles. The number of carbonyl (C=O) groups excluding carboxylic acids is 1. The highest BCUT2D eigenvalue weighted by atomic mass is 32.2. The lowest BCUT2D eigenvalue weighted by Gasteiger charge is -2.19. The molecule has 2 aromatic heterocycles. The highest BCUT2D eigenvalue weighted by molar-refractivity contribution is 7.99. The molecule has 152 valence electrons. The Kier molecular flexibility index (Phi) is 6.22. The van der Waals surface area contributed by atoms with Crippen molar-refractivity contribution in [2.24, 2.45) is 0 Å². The van der Waals surface area contributed by atoms with Crippen LogP contribution in [-0.4, -0.2) is 31.6 Å². The normalized spacial score (nSPS) is 11.4. The Morgan fingerprint density at radius 3 is 2.59 bits per heavy atom. The van der Waals surface area contributed by atoms with E-state index in [1.165, 1.54) is 17.3 Å². The van der Waals surface area contributed by atoms with Crippen LogP contribution in [0.25, 0.3) is 11.4 Å². The van der Waals surface area contributed by atoms with Gasteiger partial charge in [0.05, 0.1) is 5.75 Å². The van der Waals surface area contributed by atoms with Gasteiger partial charge in [-0.15, -0.1) is 16.8 Å². The van der Waals surface area contributed by atoms with Crippen LogP contribution in [0.4, 0.5) is 5.82 Å². The number of hydrogen-bond donors (Lipinski definition) is 1. The Bertz CT molecular complexity index is 999. The van der Waals surface area contributed by atoms with E-state index in [1.807, 2.05) is 4.57 Å². The molecule has 0 atom stereocenters. The number of hydrogen-bond acceptors (Lipinski definition) is 6. The molecule has 1 N–H and O–H groups in total. The second-order valence-electron chi connectivity index (χ2n) is 7.69. The summed E-state index contributed by atoms with van der Waals surface area (Å²) in [5, 5.41) is 15.7. The predicted molar refractivity (Wildman–Crippen MR) is 115 cm³/mol. The van der Waals surface area contributed by atoms with Gasteiger partial charge in [0.25, 0.3) is 0 Å². The minimum atomic E-state index is -0.187. The zero-order valence-corrected chi connectivity index (χ0v) is 17.9. The number of carbonyl (C=O) groups is 1. The number of amides is 1. The van der Waals surface area contributed by atoms with Crippen molar-refractivity contribution in [2.75, 3.05) is 11.1 Å². The number of rotatable bonds is 7. The molecule has 0 radical (unpaired) electrons. The first-order valence-electron chi connectivity index (χ1n) is 9.29. The first-order chi connectivity index (χ1) is 13.8. The van der Waals surface area contributed by atoms with Gasteiger partial charge in [0.1, 0.15) is 5.76 Å². The number of nitrogens with zero attached hydrogens (tertiary/aromatic N) is 4. The van der Waals surface area contributed by atoms with Gasteiger partial charge in [0.2, 0.25) is 5.91 Å². The van der Waals surface area contributed by atoms with Gasteiger partial charge in [0.15, 0.2) is 16.8 Å². The van der Waals surface area contributed by atoms with Crippen molar-refractivity contribution in [2.45, 2.75) is 44.8 Å². The Morgan fingerprint density at radius 2 is 2.00 bits per heavy atom. The van der Waals surface area contributed by atoms with Crippen LogP contribution in [0.5, 0.6) is 0 Å². The number of aryl methyl sites for hydroxylation is 1. The van der Waals surface area contributed by atoms with Crippen molar-refractivity contribution < 1.29 is 9.32 Å². The fourth-order valence-corrected chi connectivity index (χ4v) is 3.50. The van der Waals surface area contributed by atoms with E-state index >= 15 is 0 Å². The third kappa shape index (κ3) is 5.14. The van der Waals surface area contributed by atoms with Gasteiger partial charge in [0, 0.05) is 18.2 Å². The summed E-state index contributed by atoms with van der Waals surface area (Å²) in [6.07, 6.45) is 1.79. The van der Waals surface area contributed by atoms with E-state index in [9.17, 15) is 4.79 Å². The predicted octanol–water partition coefficient (Wildman–Crippen LogP) is 4.46. The summed E-state index contributed by atoms with van der Waals surface area (Å²) in [7, 11) is 0. The van der Waals surface area contributed by atoms with Crippen LogP contribution in [0.1, 0.15) is 32.1 Å². The SMILES string of the molecule is C=CCn1c(SCC(=O)Nc2cc(C)on2)nnc1-c1ccc(C(C)(C)C)cc1. The van der Waals surface area contributed by atoms with Crippen LogP contribution in [0.15, 0.2) is 52.7 Å². The molecule has 0 aliphatic rings. The summed E-state index contributed by atoms with van der Waals surface area (Å²) in [6.45, 7) is 12.7. The zero-order valence-electron chi connectivity index (χ0n) is 17.1. The molecule has 0 unspecified atom stereocenters. The van der Waals surface area contributed by atoms with Gasteiger partial charge in [-0.2, -0.15) is 0 Å². The Morgan fingerprint density at radius 1 is 1.28 bits per heavy atom. The van der Waals surface area contributed by atoms with Crippen molar-refractivity contribution in [3.05, 3.63) is 54.3 Å². The number of benzene rings is 1. The molecular formula is C21H25N5O2S. The van der Waals surface area contributed by atoms with Gasteiger partial charge in [-0.1, -0.05) is 68.0 Å². The molecule has 8 heteroatoms. The van der Waals surface area contributed by atoms with Gasteiger partial charge in [-0.3, -0.25) is 9.36 Å². The van der Waals surface area contributed by atoms with Crippen LogP contribution in [0.3, 0.4) is 0 Å². The molecule has 0 fully saturated rings. The molecule has 1 aromatic carbocycles. The Labute approximate surface area is 174 Å². The lowest BCUT2D eigenvalue weighted by Crippen LogP contribution is -2.14. The number of anilines is 1. The largest absolute Gasteiger partial charge is 0.360 e. The molecule has 29 heavy (non-hydrogen) atoms. The van der Waals surface area contributed by atoms with E-state index < -0.39 is 0 Å². The molecule has 0 spiro atoms. The fourth-order valence-electron chi connectivity index (χ4n) is 2.76. The number of aromatic nitrogens is 4. The minimum absolute atomic E-state index is 0.0874. The lowest BCUT2D eigenvalue weighted by atomic mass is 9.87. The van der Waals surface area contributed by atoms with Crippen LogP contribution >= 0.6 is 11.8 Å². The summed E-state index contributed by atoms with van der Waals surface area (Å²) in [6, 6.07) is 10.0. The average molecular weight is 412 g/mol.